The zero-order chi connectivity index (χ0) is 24.3. The van der Waals surface area contributed by atoms with Crippen LogP contribution in [0.5, 0.6) is 0 Å². The fraction of sp³-hybridized carbons (Fsp3) is 0.909. The van der Waals surface area contributed by atoms with Gasteiger partial charge in [0.25, 0.3) is 0 Å². The quantitative estimate of drug-likeness (QED) is 0.216. The maximum atomic E-state index is 13.5. The number of alkyl halides is 16. The number of carboxylic acid groups (broad SMARTS) is 1. The van der Waals surface area contributed by atoms with Gasteiger partial charge in [-0.25, -0.2) is 0 Å². The van der Waals surface area contributed by atoms with Crippen LogP contribution in [0.1, 0.15) is 13.3 Å². The third-order valence-corrected chi connectivity index (χ3v) is 4.24. The number of aliphatic carboxylic acids is 1. The van der Waals surface area contributed by atoms with Gasteiger partial charge in [-0.15, -0.1) is 0 Å². The number of carboxylic acids is 1. The molecule has 0 spiro atoms. The molecule has 0 saturated carbocycles. The van der Waals surface area contributed by atoms with Crippen molar-refractivity contribution < 1.29 is 75.8 Å². The molecule has 174 valence electrons. The van der Waals surface area contributed by atoms with Crippen molar-refractivity contribution >= 4 is 28.6 Å². The van der Waals surface area contributed by atoms with E-state index in [0.717, 1.165) is 0 Å². The molecule has 1 atom stereocenters. The van der Waals surface area contributed by atoms with Crippen molar-refractivity contribution in [1.82, 2.24) is 0 Å². The molecule has 0 amide bonds. The summed E-state index contributed by atoms with van der Waals surface area (Å²) in [6.07, 6.45) is -10.6. The van der Waals surface area contributed by atoms with Gasteiger partial charge in [-0.05, 0) is 6.92 Å². The lowest BCUT2D eigenvalue weighted by Crippen LogP contribution is -2.72. The Morgan fingerprint density at radius 3 is 1.21 bits per heavy atom. The molecule has 0 saturated heterocycles. The van der Waals surface area contributed by atoms with Crippen molar-refractivity contribution in [2.75, 3.05) is 0 Å². The Labute approximate surface area is 163 Å². The van der Waals surface area contributed by atoms with Gasteiger partial charge < -0.3 is 5.11 Å². The van der Waals surface area contributed by atoms with Gasteiger partial charge >= 0.3 is 47.7 Å². The van der Waals surface area contributed by atoms with Gasteiger partial charge in [0.05, 0.1) is 0 Å². The molecule has 29 heavy (non-hydrogen) atoms. The Bertz CT molecular complexity index is 637. The van der Waals surface area contributed by atoms with Gasteiger partial charge in [0, 0.05) is 6.42 Å². The van der Waals surface area contributed by atoms with Crippen LogP contribution < -0.4 is 0 Å². The van der Waals surface area contributed by atoms with E-state index >= 15 is 0 Å². The molecule has 0 fully saturated rings. The van der Waals surface area contributed by atoms with E-state index in [-0.39, 0.29) is 6.92 Å². The Hall–Kier alpha value is -0.850. The third-order valence-electron chi connectivity index (χ3n) is 3.39. The van der Waals surface area contributed by atoms with Crippen LogP contribution in [0, 0.1) is 0 Å². The predicted molar refractivity (Wildman–Crippen MR) is 70.4 cm³/mol. The van der Waals surface area contributed by atoms with Gasteiger partial charge in [0.2, 0.25) is 0 Å². The minimum absolute atomic E-state index is 0.183. The molecular weight excluding hydrogens is 576 g/mol. The van der Waals surface area contributed by atoms with Crippen LogP contribution in [0.25, 0.3) is 0 Å². The Morgan fingerprint density at radius 2 is 0.931 bits per heavy atom. The fourth-order valence-electron chi connectivity index (χ4n) is 1.60. The number of carbonyl (C=O) groups is 1. The molecular formula is C11H6F15IO2. The summed E-state index contributed by atoms with van der Waals surface area (Å²) in [5.74, 6) is -49.6. The second-order valence-electron chi connectivity index (χ2n) is 5.75. The van der Waals surface area contributed by atoms with E-state index in [1.807, 2.05) is 0 Å². The first-order chi connectivity index (χ1) is 12.2. The summed E-state index contributed by atoms with van der Waals surface area (Å²) in [6.45, 7) is 0.183. The van der Waals surface area contributed by atoms with Gasteiger partial charge in [-0.2, -0.15) is 65.9 Å². The highest BCUT2D eigenvalue weighted by Crippen LogP contribution is 2.63. The van der Waals surface area contributed by atoms with E-state index in [0.29, 0.717) is 22.6 Å². The lowest BCUT2D eigenvalue weighted by atomic mass is 9.88. The molecule has 0 aliphatic carbocycles. The average Bonchev–Trinajstić information content (AvgIpc) is 2.43. The number of rotatable bonds is 8. The largest absolute Gasteiger partial charge is 0.480 e. The highest BCUT2D eigenvalue weighted by atomic mass is 127. The second-order valence-corrected chi connectivity index (χ2v) is 8.13. The van der Waals surface area contributed by atoms with E-state index in [1.165, 1.54) is 0 Å². The molecule has 2 nitrogen and oxygen atoms in total. The van der Waals surface area contributed by atoms with Gasteiger partial charge in [0.15, 0.2) is 0 Å². The molecule has 0 aliphatic rings. The Kier molecular flexibility index (Phi) is 6.89. The van der Waals surface area contributed by atoms with Crippen molar-refractivity contribution in [2.24, 2.45) is 0 Å². The van der Waals surface area contributed by atoms with E-state index in [1.54, 1.807) is 0 Å². The van der Waals surface area contributed by atoms with E-state index in [4.69, 9.17) is 5.11 Å². The Morgan fingerprint density at radius 1 is 0.655 bits per heavy atom. The second kappa shape index (κ2) is 7.10. The molecule has 0 aromatic heterocycles. The van der Waals surface area contributed by atoms with Gasteiger partial charge in [-0.1, -0.05) is 22.6 Å². The van der Waals surface area contributed by atoms with Crippen LogP contribution in [-0.2, 0) is 4.79 Å². The standard InChI is InChI=1S/C11H6F15IO2/c1-4(27,3(28)29)2-5(12,13)6(14,15)7(16,17)8(18,19)9(20,21)10(22,23)11(24,25)26/h2H2,1H3,(H,28,29). The summed E-state index contributed by atoms with van der Waals surface area (Å²) in [7, 11) is 0. The van der Waals surface area contributed by atoms with Crippen molar-refractivity contribution in [1.29, 1.82) is 0 Å². The lowest BCUT2D eigenvalue weighted by Gasteiger charge is -2.42. The highest BCUT2D eigenvalue weighted by molar-refractivity contribution is 14.1. The number of hydrogen-bond donors (Lipinski definition) is 1. The van der Waals surface area contributed by atoms with Gasteiger partial charge in [-0.3, -0.25) is 4.79 Å². The SMILES string of the molecule is CC(I)(CC(F)(F)C(F)(F)C(F)(F)C(F)(F)C(F)(F)C(F)(F)C(F)(F)F)C(=O)O. The molecule has 0 heterocycles. The number of hydrogen-bond acceptors (Lipinski definition) is 1. The summed E-state index contributed by atoms with van der Waals surface area (Å²) >= 11 is 0.457. The molecule has 18 heteroatoms. The predicted octanol–water partition coefficient (Wildman–Crippen LogP) is 6.03. The van der Waals surface area contributed by atoms with Crippen LogP contribution in [0.2, 0.25) is 0 Å². The van der Waals surface area contributed by atoms with Crippen molar-refractivity contribution in [3.05, 3.63) is 0 Å². The Balaban J connectivity index is 6.54. The molecule has 1 unspecified atom stereocenters. The highest BCUT2D eigenvalue weighted by Gasteiger charge is 2.93. The smallest absolute Gasteiger partial charge is 0.460 e. The summed E-state index contributed by atoms with van der Waals surface area (Å²) in [5, 5.41) is 8.49. The average molecular weight is 582 g/mol. The van der Waals surface area contributed by atoms with Crippen molar-refractivity contribution in [3.63, 3.8) is 0 Å². The maximum Gasteiger partial charge on any atom is 0.460 e. The summed E-state index contributed by atoms with van der Waals surface area (Å²) < 4.78 is 191. The first-order valence-electron chi connectivity index (χ1n) is 6.41. The number of halogens is 16. The lowest BCUT2D eigenvalue weighted by molar-refractivity contribution is -0.452. The minimum atomic E-state index is -8.38. The first kappa shape index (κ1) is 28.1. The zero-order valence-corrected chi connectivity index (χ0v) is 15.3. The molecule has 0 aromatic rings. The fourth-order valence-corrected chi connectivity index (χ4v) is 2.08. The van der Waals surface area contributed by atoms with Crippen molar-refractivity contribution in [3.8, 4) is 0 Å². The topological polar surface area (TPSA) is 37.3 Å². The third kappa shape index (κ3) is 4.05. The molecule has 1 N–H and O–H groups in total. The van der Waals surface area contributed by atoms with Crippen LogP contribution in [-0.4, -0.2) is 56.2 Å². The molecule has 0 radical (unpaired) electrons. The molecule has 0 aromatic carbocycles. The summed E-state index contributed by atoms with van der Waals surface area (Å²) in [5.41, 5.74) is 0. The molecule has 0 bridgehead atoms. The van der Waals surface area contributed by atoms with Crippen LogP contribution in [0.3, 0.4) is 0 Å². The zero-order valence-electron chi connectivity index (χ0n) is 13.1. The van der Waals surface area contributed by atoms with Crippen LogP contribution in [0.15, 0.2) is 0 Å². The van der Waals surface area contributed by atoms with Crippen LogP contribution in [0.4, 0.5) is 65.9 Å². The molecule has 0 aliphatic heterocycles. The molecule has 0 rings (SSSR count). The summed E-state index contributed by atoms with van der Waals surface area (Å²) in [6, 6.07) is 0. The first-order valence-corrected chi connectivity index (χ1v) is 7.49. The van der Waals surface area contributed by atoms with Crippen molar-refractivity contribution in [2.45, 2.75) is 58.5 Å². The monoisotopic (exact) mass is 582 g/mol. The van der Waals surface area contributed by atoms with E-state index in [9.17, 15) is 70.7 Å². The van der Waals surface area contributed by atoms with Crippen LogP contribution >= 0.6 is 22.6 Å². The summed E-state index contributed by atoms with van der Waals surface area (Å²) in [4.78, 5) is 10.6. The van der Waals surface area contributed by atoms with Gasteiger partial charge in [0.1, 0.15) is 3.42 Å². The maximum absolute atomic E-state index is 13.5. The minimum Gasteiger partial charge on any atom is -0.480 e. The van der Waals surface area contributed by atoms with E-state index < -0.39 is 57.5 Å². The normalized spacial score (nSPS) is 17.8. The van der Waals surface area contributed by atoms with E-state index in [2.05, 4.69) is 0 Å².